The Kier molecular flexibility index (Phi) is 25.0. The summed E-state index contributed by atoms with van der Waals surface area (Å²) in [7, 11) is 4.32. The van der Waals surface area contributed by atoms with Gasteiger partial charge in [-0.25, -0.2) is 9.59 Å². The molecule has 0 radical (unpaired) electrons. The third-order valence-corrected chi connectivity index (χ3v) is 18.8. The smallest absolute Gasteiger partial charge is 0.410 e. The van der Waals surface area contributed by atoms with Gasteiger partial charge in [0.1, 0.15) is 47.5 Å². The van der Waals surface area contributed by atoms with Crippen LogP contribution < -0.4 is 26.6 Å². The van der Waals surface area contributed by atoms with Crippen molar-refractivity contribution in [3.8, 4) is 0 Å². The van der Waals surface area contributed by atoms with Crippen LogP contribution in [0.5, 0.6) is 0 Å². The molecule has 1 fully saturated rings. The van der Waals surface area contributed by atoms with Crippen molar-refractivity contribution >= 4 is 65.3 Å². The second-order valence-electron chi connectivity index (χ2n) is 28.5. The molecule has 10 atom stereocenters. The number of likely N-dealkylation sites (N-methyl/N-ethyl adjacent to an activating group) is 3. The van der Waals surface area contributed by atoms with Crippen molar-refractivity contribution in [1.82, 2.24) is 46.2 Å². The molecule has 1 saturated heterocycles. The number of thioether (sulfide) groups is 1. The summed E-state index contributed by atoms with van der Waals surface area (Å²) < 4.78 is 9.80. The van der Waals surface area contributed by atoms with E-state index in [1.807, 2.05) is 87.5 Å². The Hall–Kier alpha value is -7.24. The van der Waals surface area contributed by atoms with Crippen LogP contribution in [0.4, 0.5) is 9.59 Å². The van der Waals surface area contributed by atoms with Gasteiger partial charge in [-0.15, -0.1) is 11.8 Å². The van der Waals surface area contributed by atoms with E-state index in [0.29, 0.717) is 18.4 Å². The van der Waals surface area contributed by atoms with Crippen LogP contribution >= 0.6 is 11.8 Å². The lowest BCUT2D eigenvalue weighted by Crippen LogP contribution is -2.62. The van der Waals surface area contributed by atoms with E-state index in [0.717, 1.165) is 70.2 Å². The number of carbonyl (C=O) groups is 9. The van der Waals surface area contributed by atoms with Gasteiger partial charge in [0.25, 0.3) is 0 Å². The number of likely N-dealkylation sites (tertiary alicyclic amines) is 1. The summed E-state index contributed by atoms with van der Waals surface area (Å²) in [6.45, 7) is 21.5. The molecule has 2 aliphatic carbocycles. The van der Waals surface area contributed by atoms with E-state index >= 15 is 9.59 Å². The largest absolute Gasteiger partial charge is 0.444 e. The zero-order chi connectivity index (χ0) is 68.4. The lowest BCUT2D eigenvalue weighted by molar-refractivity contribution is -0.144. The predicted octanol–water partition coefficient (Wildman–Crippen LogP) is 6.64. The first-order chi connectivity index (χ1) is 42.9. The number of nitrogens with zero attached hydrogens (tertiary/aromatic N) is 4. The van der Waals surface area contributed by atoms with Crippen molar-refractivity contribution in [3.63, 3.8) is 0 Å². The minimum atomic E-state index is -1.43. The SMILES string of the molecule is C[C@@H](C(=O)NC(C(=O)N1CC(c2ccc(C[C@H](NC(=O)C(NC(=O)[C@H](C)N(C)C(=O)OC(C)(C)C)C(C)(C)SCC(=O)N(C)C[C@@H](O)CO)C(=O)N[C@@H]3CCCc4ccccc43)cc2)CC1C(=O)N[C@@H]1CCCc2ccccc21)C(C)(C)C)N(C)C(=O)OC(C)(C)C. The third-order valence-electron chi connectivity index (χ3n) is 17.4. The van der Waals surface area contributed by atoms with Gasteiger partial charge in [-0.1, -0.05) is 93.6 Å². The molecule has 1 aliphatic heterocycles. The Morgan fingerprint density at radius 1 is 0.641 bits per heavy atom. The first kappa shape index (κ1) is 73.8. The van der Waals surface area contributed by atoms with Crippen molar-refractivity contribution in [3.05, 3.63) is 106 Å². The van der Waals surface area contributed by atoms with Crippen LogP contribution in [-0.4, -0.2) is 188 Å². The van der Waals surface area contributed by atoms with Crippen molar-refractivity contribution in [1.29, 1.82) is 0 Å². The van der Waals surface area contributed by atoms with Crippen LogP contribution in [0.2, 0.25) is 0 Å². The van der Waals surface area contributed by atoms with Crippen LogP contribution in [0, 0.1) is 5.41 Å². The molecule has 3 aliphatic rings. The first-order valence-electron chi connectivity index (χ1n) is 32.0. The quantitative estimate of drug-likeness (QED) is 0.0525. The van der Waals surface area contributed by atoms with Crippen molar-refractivity contribution in [2.24, 2.45) is 5.41 Å². The van der Waals surface area contributed by atoms with Gasteiger partial charge in [0, 0.05) is 51.3 Å². The Morgan fingerprint density at radius 3 is 1.62 bits per heavy atom. The number of hydrogen-bond acceptors (Lipinski definition) is 14. The van der Waals surface area contributed by atoms with Gasteiger partial charge in [0.05, 0.1) is 30.5 Å². The summed E-state index contributed by atoms with van der Waals surface area (Å²) >= 11 is 1.05. The van der Waals surface area contributed by atoms with E-state index in [4.69, 9.17) is 9.47 Å². The summed E-state index contributed by atoms with van der Waals surface area (Å²) in [5.74, 6) is -4.38. The minimum Gasteiger partial charge on any atom is -0.444 e. The lowest BCUT2D eigenvalue weighted by Gasteiger charge is -2.37. The van der Waals surface area contributed by atoms with E-state index in [9.17, 15) is 43.8 Å². The average Bonchev–Trinajstić information content (AvgIpc) is 1.56. The molecule has 0 spiro atoms. The fourth-order valence-corrected chi connectivity index (χ4v) is 12.7. The zero-order valence-corrected chi connectivity index (χ0v) is 57.6. The number of amides is 9. The highest BCUT2D eigenvalue weighted by molar-refractivity contribution is 8.01. The summed E-state index contributed by atoms with van der Waals surface area (Å²) in [5.41, 5.74) is 3.10. The minimum absolute atomic E-state index is 0.0353. The van der Waals surface area contributed by atoms with E-state index in [2.05, 4.69) is 32.7 Å². The Morgan fingerprint density at radius 2 is 1.13 bits per heavy atom. The van der Waals surface area contributed by atoms with Gasteiger partial charge in [-0.3, -0.25) is 43.4 Å². The van der Waals surface area contributed by atoms with Gasteiger partial charge in [-0.2, -0.15) is 0 Å². The molecular weight excluding hydrogens is 1190 g/mol. The molecule has 3 aromatic rings. The summed E-state index contributed by atoms with van der Waals surface area (Å²) in [5, 5.41) is 34.8. The van der Waals surface area contributed by atoms with Gasteiger partial charge >= 0.3 is 12.2 Å². The number of aliphatic hydroxyl groups excluding tert-OH is 2. The van der Waals surface area contributed by atoms with E-state index in [-0.39, 0.29) is 55.6 Å². The summed E-state index contributed by atoms with van der Waals surface area (Å²) in [6.07, 6.45) is 2.26. The molecule has 0 bridgehead atoms. The van der Waals surface area contributed by atoms with Crippen LogP contribution in [0.1, 0.15) is 173 Å². The highest BCUT2D eigenvalue weighted by Crippen LogP contribution is 2.37. The molecule has 22 nitrogen and oxygen atoms in total. The fraction of sp³-hybridized carbons (Fsp3) is 0.609. The van der Waals surface area contributed by atoms with Gasteiger partial charge < -0.3 is 56.1 Å². The summed E-state index contributed by atoms with van der Waals surface area (Å²) in [6, 6.07) is 15.7. The predicted molar refractivity (Wildman–Crippen MR) is 353 cm³/mol. The number of aliphatic hydroxyl groups is 2. The standard InChI is InChI=1S/C69H101N9O13S/c1-41(76(15)64(88)90-67(6,7)8)58(82)73-56(69(12,13)92-40-55(81)75(14)38-48(80)39-79)62(86)72-53(60(84)70-51-29-21-25-45-23-17-19-27-49(45)51)35-43-31-33-44(34-32-43)47-36-54(61(85)71-52-30-22-26-46-24-18-20-28-50(46)52)78(37-47)63(87)57(66(3,4)5)74-59(83)42(2)77(16)65(89)91-68(9,10)11/h17-20,23-24,27-28,31-34,41-42,47-48,51-54,56-57,79-80H,21-22,25-26,29-30,35-40H2,1-16H3,(H,70,84)(H,71,85)(H,72,86)(H,73,82)(H,74,83)/t41-,42-,47?,48+,51+,52+,53-,54?,56?,57?/m0/s1. The maximum Gasteiger partial charge on any atom is 0.410 e. The molecular formula is C69H101N9O13S. The monoisotopic (exact) mass is 1300 g/mol. The number of hydrogen-bond donors (Lipinski definition) is 7. The number of nitrogens with one attached hydrogen (secondary N) is 5. The highest BCUT2D eigenvalue weighted by Gasteiger charge is 2.47. The van der Waals surface area contributed by atoms with E-state index in [1.54, 1.807) is 67.2 Å². The normalized spacial score (nSPS) is 19.4. The fourth-order valence-electron chi connectivity index (χ4n) is 11.7. The van der Waals surface area contributed by atoms with Crippen molar-refractivity contribution in [2.75, 3.05) is 46.6 Å². The third kappa shape index (κ3) is 19.9. The lowest BCUT2D eigenvalue weighted by atomic mass is 9.85. The highest BCUT2D eigenvalue weighted by atomic mass is 32.2. The van der Waals surface area contributed by atoms with Gasteiger partial charge in [0.15, 0.2) is 0 Å². The zero-order valence-electron chi connectivity index (χ0n) is 56.8. The Balaban J connectivity index is 1.33. The number of benzene rings is 3. The molecule has 506 valence electrons. The second kappa shape index (κ2) is 31.1. The maximum atomic E-state index is 15.3. The molecule has 0 aromatic heterocycles. The molecule has 92 heavy (non-hydrogen) atoms. The Labute approximate surface area is 547 Å². The van der Waals surface area contributed by atoms with E-state index < -0.39 is 118 Å². The van der Waals surface area contributed by atoms with Crippen LogP contribution in [0.3, 0.4) is 0 Å². The molecule has 4 unspecified atom stereocenters. The molecule has 9 amide bonds. The van der Waals surface area contributed by atoms with Crippen molar-refractivity contribution < 1.29 is 62.8 Å². The van der Waals surface area contributed by atoms with E-state index in [1.165, 1.54) is 37.9 Å². The van der Waals surface area contributed by atoms with Crippen LogP contribution in [-0.2, 0) is 62.3 Å². The number of aryl methyl sites for hydroxylation is 2. The van der Waals surface area contributed by atoms with Gasteiger partial charge in [-0.05, 0) is 153 Å². The molecule has 6 rings (SSSR count). The molecule has 0 saturated carbocycles. The Bertz CT molecular complexity index is 3120. The van der Waals surface area contributed by atoms with Crippen molar-refractivity contribution in [2.45, 2.75) is 218 Å². The van der Waals surface area contributed by atoms with Gasteiger partial charge in [0.2, 0.25) is 41.4 Å². The first-order valence-corrected chi connectivity index (χ1v) is 33.0. The molecule has 1 heterocycles. The number of ether oxygens (including phenoxy) is 2. The topological polar surface area (TPSA) is 286 Å². The second-order valence-corrected chi connectivity index (χ2v) is 30.2. The number of rotatable bonds is 23. The number of fused-ring (bicyclic) bond motifs is 2. The molecule has 7 N–H and O–H groups in total. The average molecular weight is 1300 g/mol. The van der Waals surface area contributed by atoms with Crippen LogP contribution in [0.25, 0.3) is 0 Å². The van der Waals surface area contributed by atoms with Crippen LogP contribution in [0.15, 0.2) is 72.8 Å². The molecule has 23 heteroatoms. The summed E-state index contributed by atoms with van der Waals surface area (Å²) in [4.78, 5) is 134. The molecule has 3 aromatic carbocycles. The maximum absolute atomic E-state index is 15.3. The number of carbonyl (C=O) groups excluding carboxylic acids is 9.